The molecule has 2 unspecified atom stereocenters. The van der Waals surface area contributed by atoms with Crippen LogP contribution in [-0.2, 0) is 0 Å². The summed E-state index contributed by atoms with van der Waals surface area (Å²) in [5, 5.41) is 9.53. The van der Waals surface area contributed by atoms with Crippen LogP contribution in [0.1, 0.15) is 34.6 Å². The van der Waals surface area contributed by atoms with Crippen molar-refractivity contribution in [2.75, 3.05) is 24.9 Å². The summed E-state index contributed by atoms with van der Waals surface area (Å²) < 4.78 is 53.0. The first-order valence-corrected chi connectivity index (χ1v) is 10.2. The summed E-state index contributed by atoms with van der Waals surface area (Å²) >= 11 is 5.94. The Morgan fingerprint density at radius 2 is 1.97 bits per heavy atom. The van der Waals surface area contributed by atoms with E-state index in [-0.39, 0.29) is 28.8 Å². The van der Waals surface area contributed by atoms with Crippen LogP contribution in [0.4, 0.5) is 24.7 Å². The topological polar surface area (TPSA) is 90.3 Å². The highest BCUT2D eigenvalue weighted by Gasteiger charge is 2.47. The number of rotatable bonds is 5. The maximum atomic E-state index is 13.9. The van der Waals surface area contributed by atoms with Crippen molar-refractivity contribution in [2.24, 2.45) is 0 Å². The molecule has 0 radical (unpaired) electrons. The number of ether oxygens (including phenoxy) is 2. The highest BCUT2D eigenvalue weighted by Crippen LogP contribution is 2.44. The van der Waals surface area contributed by atoms with E-state index in [0.29, 0.717) is 17.1 Å². The minimum atomic E-state index is -4.59. The highest BCUT2D eigenvalue weighted by molar-refractivity contribution is 6.32. The van der Waals surface area contributed by atoms with Crippen molar-refractivity contribution in [3.63, 3.8) is 0 Å². The molecule has 33 heavy (non-hydrogen) atoms. The highest BCUT2D eigenvalue weighted by atomic mass is 35.5. The van der Waals surface area contributed by atoms with Gasteiger partial charge in [0.15, 0.2) is 28.4 Å². The molecule has 1 aliphatic rings. The van der Waals surface area contributed by atoms with Gasteiger partial charge >= 0.3 is 6.18 Å². The van der Waals surface area contributed by atoms with E-state index in [4.69, 9.17) is 21.1 Å². The zero-order valence-corrected chi connectivity index (χ0v) is 18.2. The second-order valence-electron chi connectivity index (χ2n) is 7.26. The summed E-state index contributed by atoms with van der Waals surface area (Å²) in [7, 11) is 2.92. The first-order valence-electron chi connectivity index (χ1n) is 9.78. The van der Waals surface area contributed by atoms with Gasteiger partial charge in [0, 0.05) is 18.7 Å². The molecule has 1 aromatic carbocycles. The summed E-state index contributed by atoms with van der Waals surface area (Å²) in [4.78, 5) is 16.5. The fraction of sp³-hybridized carbons (Fsp3) is 0.286. The zero-order chi connectivity index (χ0) is 23.8. The summed E-state index contributed by atoms with van der Waals surface area (Å²) in [5.74, 6) is 0.207. The van der Waals surface area contributed by atoms with Crippen LogP contribution in [0.15, 0.2) is 42.6 Å². The third kappa shape index (κ3) is 4.54. The molecule has 0 spiro atoms. The van der Waals surface area contributed by atoms with Crippen LogP contribution < -0.4 is 20.1 Å². The molecule has 0 bridgehead atoms. The molecule has 0 saturated heterocycles. The molecular formula is C21H19ClF3N5O3. The number of amides is 1. The number of hydrogen-bond donors (Lipinski definition) is 2. The van der Waals surface area contributed by atoms with Gasteiger partial charge in [0.25, 0.3) is 5.91 Å². The van der Waals surface area contributed by atoms with Crippen molar-refractivity contribution >= 4 is 29.0 Å². The summed E-state index contributed by atoms with van der Waals surface area (Å²) in [6.07, 6.45) is -3.47. The molecule has 12 heteroatoms. The number of alkyl halides is 3. The van der Waals surface area contributed by atoms with Crippen molar-refractivity contribution in [2.45, 2.75) is 24.7 Å². The molecule has 0 saturated carbocycles. The Labute approximate surface area is 191 Å². The minimum Gasteiger partial charge on any atom is -0.493 e. The monoisotopic (exact) mass is 481 g/mol. The van der Waals surface area contributed by atoms with E-state index in [1.807, 2.05) is 0 Å². The van der Waals surface area contributed by atoms with Crippen molar-refractivity contribution in [1.29, 1.82) is 0 Å². The van der Waals surface area contributed by atoms with Crippen LogP contribution in [0.5, 0.6) is 11.5 Å². The minimum absolute atomic E-state index is 0.0506. The summed E-state index contributed by atoms with van der Waals surface area (Å²) in [6, 6.07) is 6.62. The Kier molecular flexibility index (Phi) is 6.07. The molecule has 3 heterocycles. The quantitative estimate of drug-likeness (QED) is 0.506. The second kappa shape index (κ2) is 8.81. The molecule has 2 aromatic heterocycles. The maximum absolute atomic E-state index is 13.9. The first-order chi connectivity index (χ1) is 15.7. The molecule has 2 atom stereocenters. The van der Waals surface area contributed by atoms with Crippen LogP contribution in [0.25, 0.3) is 0 Å². The number of hydrogen-bond acceptors (Lipinski definition) is 6. The molecule has 174 valence electrons. The first kappa shape index (κ1) is 22.7. The largest absolute Gasteiger partial charge is 0.493 e. The predicted molar refractivity (Wildman–Crippen MR) is 115 cm³/mol. The van der Waals surface area contributed by atoms with E-state index in [2.05, 4.69) is 20.7 Å². The van der Waals surface area contributed by atoms with Crippen LogP contribution in [0, 0.1) is 0 Å². The van der Waals surface area contributed by atoms with E-state index in [1.165, 1.54) is 32.5 Å². The van der Waals surface area contributed by atoms with Gasteiger partial charge in [-0.25, -0.2) is 9.67 Å². The average Bonchev–Trinajstić information content (AvgIpc) is 3.23. The van der Waals surface area contributed by atoms with Crippen LogP contribution in [0.3, 0.4) is 0 Å². The lowest BCUT2D eigenvalue weighted by atomic mass is 9.96. The molecule has 8 nitrogen and oxygen atoms in total. The Bertz CT molecular complexity index is 1180. The Balaban J connectivity index is 1.66. The lowest BCUT2D eigenvalue weighted by molar-refractivity contribution is -0.173. The fourth-order valence-corrected chi connectivity index (χ4v) is 3.80. The van der Waals surface area contributed by atoms with Crippen molar-refractivity contribution in [3.8, 4) is 11.5 Å². The van der Waals surface area contributed by atoms with E-state index >= 15 is 0 Å². The molecule has 2 N–H and O–H groups in total. The van der Waals surface area contributed by atoms with Gasteiger partial charge in [-0.3, -0.25) is 4.79 Å². The van der Waals surface area contributed by atoms with Crippen LogP contribution in [0.2, 0.25) is 5.15 Å². The number of pyridine rings is 1. The van der Waals surface area contributed by atoms with E-state index < -0.39 is 24.2 Å². The number of carbonyl (C=O) groups excluding carboxylic acids is 1. The molecular weight excluding hydrogens is 463 g/mol. The third-order valence-electron chi connectivity index (χ3n) is 5.24. The molecule has 3 aromatic rings. The van der Waals surface area contributed by atoms with Crippen molar-refractivity contribution in [1.82, 2.24) is 14.8 Å². The van der Waals surface area contributed by atoms with Gasteiger partial charge in [0.05, 0.1) is 25.9 Å². The van der Waals surface area contributed by atoms with Gasteiger partial charge in [-0.15, -0.1) is 0 Å². The molecule has 0 fully saturated rings. The van der Waals surface area contributed by atoms with Gasteiger partial charge in [-0.1, -0.05) is 17.7 Å². The van der Waals surface area contributed by atoms with Crippen molar-refractivity contribution < 1.29 is 27.4 Å². The molecule has 4 rings (SSSR count). The van der Waals surface area contributed by atoms with Gasteiger partial charge in [0.2, 0.25) is 0 Å². The second-order valence-corrected chi connectivity index (χ2v) is 7.62. The number of anilines is 2. The number of methoxy groups -OCH3 is 2. The SMILES string of the molecule is COc1ccc(C2CC(C(F)(F)F)n3nc(C(=O)Nc4cccnc4Cl)cc3N2)cc1OC. The Hall–Kier alpha value is -3.47. The number of benzene rings is 1. The number of carbonyl (C=O) groups is 1. The normalized spacial score (nSPS) is 17.6. The number of halogens is 4. The van der Waals surface area contributed by atoms with Gasteiger partial charge < -0.3 is 20.1 Å². The van der Waals surface area contributed by atoms with Crippen LogP contribution >= 0.6 is 11.6 Å². The molecule has 1 amide bonds. The fourth-order valence-electron chi connectivity index (χ4n) is 3.64. The smallest absolute Gasteiger partial charge is 0.410 e. The van der Waals surface area contributed by atoms with Gasteiger partial charge in [-0.2, -0.15) is 18.3 Å². The lowest BCUT2D eigenvalue weighted by Gasteiger charge is -2.33. The van der Waals surface area contributed by atoms with Crippen molar-refractivity contribution in [3.05, 3.63) is 59.0 Å². The van der Waals surface area contributed by atoms with Gasteiger partial charge in [0.1, 0.15) is 5.82 Å². The lowest BCUT2D eigenvalue weighted by Crippen LogP contribution is -2.35. The van der Waals surface area contributed by atoms with E-state index in [0.717, 1.165) is 4.68 Å². The zero-order valence-electron chi connectivity index (χ0n) is 17.5. The Morgan fingerprint density at radius 3 is 2.64 bits per heavy atom. The number of fused-ring (bicyclic) bond motifs is 1. The predicted octanol–water partition coefficient (Wildman–Crippen LogP) is 4.86. The number of aromatic nitrogens is 3. The Morgan fingerprint density at radius 1 is 1.21 bits per heavy atom. The maximum Gasteiger partial charge on any atom is 0.410 e. The molecule has 0 aliphatic carbocycles. The summed E-state index contributed by atoms with van der Waals surface area (Å²) in [5.41, 5.74) is 0.598. The summed E-state index contributed by atoms with van der Waals surface area (Å²) in [6.45, 7) is 0. The van der Waals surface area contributed by atoms with Crippen LogP contribution in [-0.4, -0.2) is 41.1 Å². The average molecular weight is 482 g/mol. The van der Waals surface area contributed by atoms with E-state index in [1.54, 1.807) is 24.3 Å². The van der Waals surface area contributed by atoms with E-state index in [9.17, 15) is 18.0 Å². The third-order valence-corrected chi connectivity index (χ3v) is 5.54. The number of nitrogens with zero attached hydrogens (tertiary/aromatic N) is 3. The standard InChI is InChI=1S/C21H19ClF3N5O3/c1-32-15-6-5-11(8-16(15)33-2)13-9-17(21(23,24)25)30-18(27-13)10-14(29-30)20(31)28-12-4-3-7-26-19(12)22/h3-8,10,13,17,27H,9H2,1-2H3,(H,28,31). The molecule has 1 aliphatic heterocycles. The van der Waals surface area contributed by atoms with Gasteiger partial charge in [-0.05, 0) is 29.8 Å². The number of nitrogens with one attached hydrogen (secondary N) is 2.